The molecule has 0 atom stereocenters. The summed E-state index contributed by atoms with van der Waals surface area (Å²) >= 11 is 8.22. The molecule has 8 heteroatoms. The van der Waals surface area contributed by atoms with E-state index >= 15 is 0 Å². The number of rotatable bonds is 1. The highest BCUT2D eigenvalue weighted by atomic mass is 79.9. The Morgan fingerprint density at radius 3 is 2.57 bits per heavy atom. The van der Waals surface area contributed by atoms with Crippen molar-refractivity contribution in [3.63, 3.8) is 0 Å². The molecular formula is C6H3BrClF3N2O. The topological polar surface area (TPSA) is 48.1 Å². The van der Waals surface area contributed by atoms with Gasteiger partial charge in [0.15, 0.2) is 5.15 Å². The normalized spacial score (nSPS) is 11.5. The molecule has 1 aromatic rings. The molecule has 0 aliphatic carbocycles. The van der Waals surface area contributed by atoms with Crippen LogP contribution in [-0.4, -0.2) is 11.3 Å². The highest BCUT2D eigenvalue weighted by molar-refractivity contribution is 9.10. The van der Waals surface area contributed by atoms with Gasteiger partial charge in [-0.15, -0.1) is 13.2 Å². The van der Waals surface area contributed by atoms with Crippen molar-refractivity contribution in [2.24, 2.45) is 0 Å². The summed E-state index contributed by atoms with van der Waals surface area (Å²) in [6.07, 6.45) is -4.81. The van der Waals surface area contributed by atoms with Gasteiger partial charge in [-0.1, -0.05) is 11.6 Å². The van der Waals surface area contributed by atoms with Gasteiger partial charge in [-0.05, 0) is 22.0 Å². The van der Waals surface area contributed by atoms with Gasteiger partial charge >= 0.3 is 6.36 Å². The Balaban J connectivity index is 3.04. The van der Waals surface area contributed by atoms with Crippen molar-refractivity contribution in [1.82, 2.24) is 4.98 Å². The Morgan fingerprint density at radius 2 is 2.07 bits per heavy atom. The van der Waals surface area contributed by atoms with Gasteiger partial charge in [0.05, 0.1) is 10.2 Å². The van der Waals surface area contributed by atoms with E-state index in [1.807, 2.05) is 0 Å². The fourth-order valence-corrected chi connectivity index (χ4v) is 1.19. The number of ether oxygens (including phenoxy) is 1. The molecule has 14 heavy (non-hydrogen) atoms. The molecule has 0 aromatic carbocycles. The van der Waals surface area contributed by atoms with Gasteiger partial charge in [0, 0.05) is 0 Å². The minimum absolute atomic E-state index is 0.0169. The molecule has 0 saturated carbocycles. The first-order valence-corrected chi connectivity index (χ1v) is 4.34. The van der Waals surface area contributed by atoms with Crippen molar-refractivity contribution in [2.75, 3.05) is 5.73 Å². The average molecular weight is 291 g/mol. The first-order chi connectivity index (χ1) is 6.29. The van der Waals surface area contributed by atoms with Crippen LogP contribution in [0.4, 0.5) is 18.9 Å². The third kappa shape index (κ3) is 2.91. The predicted molar refractivity (Wildman–Crippen MR) is 48.0 cm³/mol. The summed E-state index contributed by atoms with van der Waals surface area (Å²) < 4.78 is 38.9. The number of alkyl halides is 3. The molecule has 0 unspecified atom stereocenters. The molecule has 0 bridgehead atoms. The molecule has 2 N–H and O–H groups in total. The van der Waals surface area contributed by atoms with E-state index in [1.165, 1.54) is 6.07 Å². The van der Waals surface area contributed by atoms with Crippen LogP contribution in [0.5, 0.6) is 5.88 Å². The largest absolute Gasteiger partial charge is 0.574 e. The first kappa shape index (κ1) is 11.4. The van der Waals surface area contributed by atoms with Crippen LogP contribution in [0.25, 0.3) is 0 Å². The first-order valence-electron chi connectivity index (χ1n) is 3.17. The molecule has 1 heterocycles. The lowest BCUT2D eigenvalue weighted by Gasteiger charge is -2.10. The minimum atomic E-state index is -4.81. The molecule has 0 aliphatic rings. The van der Waals surface area contributed by atoms with Crippen LogP contribution in [0.3, 0.4) is 0 Å². The number of hydrogen-bond acceptors (Lipinski definition) is 3. The van der Waals surface area contributed by atoms with Crippen molar-refractivity contribution in [3.8, 4) is 5.88 Å². The van der Waals surface area contributed by atoms with Crippen LogP contribution in [0.1, 0.15) is 0 Å². The van der Waals surface area contributed by atoms with Crippen LogP contribution in [0, 0.1) is 0 Å². The molecule has 78 valence electrons. The number of nitrogen functional groups attached to an aromatic ring is 1. The average Bonchev–Trinajstić information content (AvgIpc) is 1.97. The van der Waals surface area contributed by atoms with Crippen LogP contribution in [-0.2, 0) is 0 Å². The lowest BCUT2D eigenvalue weighted by molar-refractivity contribution is -0.276. The van der Waals surface area contributed by atoms with Crippen LogP contribution in [0.2, 0.25) is 5.15 Å². The van der Waals surface area contributed by atoms with E-state index in [1.54, 1.807) is 0 Å². The highest BCUT2D eigenvalue weighted by Crippen LogP contribution is 2.32. The fourth-order valence-electron chi connectivity index (χ4n) is 0.646. The highest BCUT2D eigenvalue weighted by Gasteiger charge is 2.33. The molecule has 0 fully saturated rings. The summed E-state index contributed by atoms with van der Waals surface area (Å²) in [6.45, 7) is 0. The second-order valence-electron chi connectivity index (χ2n) is 2.20. The van der Waals surface area contributed by atoms with E-state index in [0.29, 0.717) is 0 Å². The zero-order valence-electron chi connectivity index (χ0n) is 6.40. The van der Waals surface area contributed by atoms with E-state index in [4.69, 9.17) is 17.3 Å². The van der Waals surface area contributed by atoms with Gasteiger partial charge < -0.3 is 10.5 Å². The molecular weight excluding hydrogens is 288 g/mol. The zero-order valence-corrected chi connectivity index (χ0v) is 8.74. The summed E-state index contributed by atoms with van der Waals surface area (Å²) in [5.41, 5.74) is 5.36. The second kappa shape index (κ2) is 3.82. The third-order valence-corrected chi connectivity index (χ3v) is 2.01. The van der Waals surface area contributed by atoms with E-state index in [-0.39, 0.29) is 15.3 Å². The molecule has 0 aliphatic heterocycles. The summed E-state index contributed by atoms with van der Waals surface area (Å²) in [6, 6.07) is 1.18. The number of nitrogens with two attached hydrogens (primary N) is 1. The molecule has 0 radical (unpaired) electrons. The summed E-state index contributed by atoms with van der Waals surface area (Å²) in [5.74, 6) is -0.670. The lowest BCUT2D eigenvalue weighted by atomic mass is 10.4. The van der Waals surface area contributed by atoms with E-state index in [2.05, 4.69) is 25.7 Å². The molecule has 3 nitrogen and oxygen atoms in total. The minimum Gasteiger partial charge on any atom is -0.396 e. The van der Waals surface area contributed by atoms with Gasteiger partial charge in [0.1, 0.15) is 0 Å². The van der Waals surface area contributed by atoms with Crippen LogP contribution >= 0.6 is 27.5 Å². The summed E-state index contributed by atoms with van der Waals surface area (Å²) in [5, 5.41) is -0.243. The predicted octanol–water partition coefficient (Wildman–Crippen LogP) is 2.98. The Labute approximate surface area is 90.1 Å². The Bertz CT molecular complexity index is 358. The number of anilines is 1. The molecule has 1 rings (SSSR count). The van der Waals surface area contributed by atoms with Crippen molar-refractivity contribution >= 4 is 33.2 Å². The molecule has 0 amide bonds. The Hall–Kier alpha value is -0.690. The van der Waals surface area contributed by atoms with E-state index < -0.39 is 12.2 Å². The number of aromatic nitrogens is 1. The fraction of sp³-hybridized carbons (Fsp3) is 0.167. The molecule has 1 aromatic heterocycles. The Morgan fingerprint density at radius 1 is 1.50 bits per heavy atom. The van der Waals surface area contributed by atoms with Crippen molar-refractivity contribution in [3.05, 3.63) is 15.7 Å². The van der Waals surface area contributed by atoms with Crippen molar-refractivity contribution in [2.45, 2.75) is 6.36 Å². The number of pyridine rings is 1. The van der Waals surface area contributed by atoms with Gasteiger partial charge in [-0.3, -0.25) is 0 Å². The van der Waals surface area contributed by atoms with Crippen LogP contribution < -0.4 is 10.5 Å². The number of halogens is 5. The van der Waals surface area contributed by atoms with Crippen molar-refractivity contribution < 1.29 is 17.9 Å². The van der Waals surface area contributed by atoms with Gasteiger partial charge in [0.2, 0.25) is 5.88 Å². The number of nitrogens with zero attached hydrogens (tertiary/aromatic N) is 1. The van der Waals surface area contributed by atoms with Gasteiger partial charge in [0.25, 0.3) is 0 Å². The van der Waals surface area contributed by atoms with Gasteiger partial charge in [-0.25, -0.2) is 0 Å². The SMILES string of the molecule is Nc1cc(Br)c(OC(F)(F)F)nc1Cl. The lowest BCUT2D eigenvalue weighted by Crippen LogP contribution is -2.18. The maximum absolute atomic E-state index is 11.8. The monoisotopic (exact) mass is 290 g/mol. The van der Waals surface area contributed by atoms with E-state index in [0.717, 1.165) is 0 Å². The molecule has 0 spiro atoms. The maximum atomic E-state index is 11.8. The smallest absolute Gasteiger partial charge is 0.396 e. The van der Waals surface area contributed by atoms with Crippen LogP contribution in [0.15, 0.2) is 10.5 Å². The quantitative estimate of drug-likeness (QED) is 0.809. The zero-order chi connectivity index (χ0) is 10.9. The van der Waals surface area contributed by atoms with Crippen molar-refractivity contribution in [1.29, 1.82) is 0 Å². The number of hydrogen-bond donors (Lipinski definition) is 1. The standard InChI is InChI=1S/C6H3BrClF3N2O/c7-2-1-3(12)4(8)13-5(2)14-6(9,10)11/h1H,12H2. The summed E-state index contributed by atoms with van der Waals surface area (Å²) in [7, 11) is 0. The maximum Gasteiger partial charge on any atom is 0.574 e. The third-order valence-electron chi connectivity index (χ3n) is 1.14. The second-order valence-corrected chi connectivity index (χ2v) is 3.42. The van der Waals surface area contributed by atoms with Gasteiger partial charge in [-0.2, -0.15) is 4.98 Å². The molecule has 0 saturated heterocycles. The summed E-state index contributed by atoms with van der Waals surface area (Å²) in [4.78, 5) is 3.31. The van der Waals surface area contributed by atoms with E-state index in [9.17, 15) is 13.2 Å². The Kier molecular flexibility index (Phi) is 3.10.